The Morgan fingerprint density at radius 2 is 2.33 bits per heavy atom. The first-order valence-corrected chi connectivity index (χ1v) is 3.37. The Morgan fingerprint density at radius 1 is 1.67 bits per heavy atom. The van der Waals surface area contributed by atoms with E-state index in [0.717, 1.165) is 12.8 Å². The largest absolute Gasteiger partial charge is 0.396 e. The molecule has 0 aromatic heterocycles. The molecule has 0 amide bonds. The number of aliphatic hydroxyl groups is 1. The fourth-order valence-corrected chi connectivity index (χ4v) is 1.32. The van der Waals surface area contributed by atoms with E-state index in [4.69, 9.17) is 5.11 Å². The summed E-state index contributed by atoms with van der Waals surface area (Å²) in [5, 5.41) is 8.65. The lowest BCUT2D eigenvalue weighted by atomic mass is 9.72. The van der Waals surface area contributed by atoms with Crippen molar-refractivity contribution in [3.05, 3.63) is 0 Å². The highest BCUT2D eigenvalue weighted by Crippen LogP contribution is 2.33. The first-order valence-electron chi connectivity index (χ1n) is 3.37. The second kappa shape index (κ2) is 2.48. The molecule has 1 N–H and O–H groups in total. The topological polar surface area (TPSA) is 37.3 Å². The van der Waals surface area contributed by atoms with Gasteiger partial charge in [0.05, 0.1) is 0 Å². The highest BCUT2D eigenvalue weighted by Gasteiger charge is 2.33. The normalized spacial score (nSPS) is 33.6. The highest BCUT2D eigenvalue weighted by atomic mass is 16.3. The zero-order valence-corrected chi connectivity index (χ0v) is 5.63. The first-order chi connectivity index (χ1) is 4.25. The zero-order valence-electron chi connectivity index (χ0n) is 5.63. The van der Waals surface area contributed by atoms with Crippen LogP contribution in [0.25, 0.3) is 0 Å². The van der Waals surface area contributed by atoms with Crippen LogP contribution in [-0.4, -0.2) is 17.5 Å². The summed E-state index contributed by atoms with van der Waals surface area (Å²) in [6.07, 6.45) is 2.02. The average molecular weight is 128 g/mol. The summed E-state index contributed by atoms with van der Waals surface area (Å²) in [5.74, 6) is 0.692. The zero-order chi connectivity index (χ0) is 6.85. The second-order valence-corrected chi connectivity index (χ2v) is 2.74. The molecular formula is C7H12O2. The molecule has 0 heterocycles. The molecule has 52 valence electrons. The molecule has 0 aromatic rings. The number of carbonyl (C=O) groups excluding carboxylic acids is 1. The third kappa shape index (κ3) is 1.13. The van der Waals surface area contributed by atoms with Crippen LogP contribution >= 0.6 is 0 Å². The molecule has 1 fully saturated rings. The molecule has 2 nitrogen and oxygen atoms in total. The predicted molar refractivity (Wildman–Crippen MR) is 34.0 cm³/mol. The highest BCUT2D eigenvalue weighted by molar-refractivity contribution is 5.79. The summed E-state index contributed by atoms with van der Waals surface area (Å²) in [6, 6.07) is 0. The molecule has 0 aliphatic heterocycles. The van der Waals surface area contributed by atoms with E-state index < -0.39 is 0 Å². The van der Waals surface area contributed by atoms with Gasteiger partial charge in [-0.05, 0) is 25.7 Å². The third-order valence-electron chi connectivity index (χ3n) is 2.17. The predicted octanol–water partition coefficient (Wildman–Crippen LogP) is 0.594. The van der Waals surface area contributed by atoms with Crippen molar-refractivity contribution in [2.45, 2.75) is 19.8 Å². The van der Waals surface area contributed by atoms with Crippen LogP contribution in [0.5, 0.6) is 0 Å². The maximum absolute atomic E-state index is 10.7. The number of hydrogen-bond donors (Lipinski definition) is 1. The van der Waals surface area contributed by atoms with Crippen LogP contribution in [0.1, 0.15) is 19.8 Å². The summed E-state index contributed by atoms with van der Waals surface area (Å²) in [4.78, 5) is 10.7. The minimum atomic E-state index is 0.176. The molecule has 0 spiro atoms. The van der Waals surface area contributed by atoms with E-state index >= 15 is 0 Å². The minimum absolute atomic E-state index is 0.176. The molecule has 0 aromatic carbocycles. The maximum Gasteiger partial charge on any atom is 0.133 e. The molecule has 1 saturated carbocycles. The van der Waals surface area contributed by atoms with Gasteiger partial charge in [-0.2, -0.15) is 0 Å². The first kappa shape index (κ1) is 6.75. The van der Waals surface area contributed by atoms with Crippen LogP contribution in [0.4, 0.5) is 0 Å². The van der Waals surface area contributed by atoms with Crippen molar-refractivity contribution in [3.8, 4) is 0 Å². The maximum atomic E-state index is 10.7. The van der Waals surface area contributed by atoms with Crippen molar-refractivity contribution < 1.29 is 9.90 Å². The van der Waals surface area contributed by atoms with Crippen LogP contribution < -0.4 is 0 Å². The van der Waals surface area contributed by atoms with Gasteiger partial charge >= 0.3 is 0 Å². The molecule has 1 rings (SSSR count). The van der Waals surface area contributed by atoms with E-state index in [1.807, 2.05) is 0 Å². The van der Waals surface area contributed by atoms with E-state index in [0.29, 0.717) is 0 Å². The van der Waals surface area contributed by atoms with Crippen LogP contribution in [-0.2, 0) is 4.79 Å². The number of carbonyl (C=O) groups is 1. The Balaban J connectivity index is 2.35. The fraction of sp³-hybridized carbons (Fsp3) is 0.857. The molecule has 2 atom stereocenters. The van der Waals surface area contributed by atoms with Gasteiger partial charge in [-0.25, -0.2) is 0 Å². The van der Waals surface area contributed by atoms with Gasteiger partial charge in [0.1, 0.15) is 5.78 Å². The molecule has 1 aliphatic carbocycles. The Morgan fingerprint density at radius 3 is 2.44 bits per heavy atom. The van der Waals surface area contributed by atoms with Crippen LogP contribution in [0.3, 0.4) is 0 Å². The summed E-state index contributed by atoms with van der Waals surface area (Å²) in [5.41, 5.74) is 0. The number of hydrogen-bond acceptors (Lipinski definition) is 2. The smallest absolute Gasteiger partial charge is 0.133 e. The van der Waals surface area contributed by atoms with Gasteiger partial charge in [0.25, 0.3) is 0 Å². The average Bonchev–Trinajstić information content (AvgIpc) is 1.61. The van der Waals surface area contributed by atoms with Gasteiger partial charge in [0.15, 0.2) is 0 Å². The van der Waals surface area contributed by atoms with E-state index in [-0.39, 0.29) is 24.2 Å². The monoisotopic (exact) mass is 128 g/mol. The summed E-state index contributed by atoms with van der Waals surface area (Å²) >= 11 is 0. The lowest BCUT2D eigenvalue weighted by Crippen LogP contribution is -2.33. The van der Waals surface area contributed by atoms with Crippen molar-refractivity contribution in [1.29, 1.82) is 0 Å². The number of ketones is 1. The molecule has 9 heavy (non-hydrogen) atoms. The standard InChI is InChI=1S/C7H12O2/c1-5(9)7-3-2-6(7)4-8/h6-8H,2-4H2,1H3/t6-,7-/m0/s1. The second-order valence-electron chi connectivity index (χ2n) is 2.74. The van der Waals surface area contributed by atoms with Crippen molar-refractivity contribution in [1.82, 2.24) is 0 Å². The van der Waals surface area contributed by atoms with Crippen LogP contribution in [0.2, 0.25) is 0 Å². The SMILES string of the molecule is CC(=O)[C@@H]1CC[C@H]1CO. The van der Waals surface area contributed by atoms with Gasteiger partial charge in [0, 0.05) is 12.5 Å². The van der Waals surface area contributed by atoms with Crippen molar-refractivity contribution in [3.63, 3.8) is 0 Å². The van der Waals surface area contributed by atoms with Crippen LogP contribution in [0, 0.1) is 11.8 Å². The molecule has 2 heteroatoms. The number of aliphatic hydroxyl groups excluding tert-OH is 1. The third-order valence-corrected chi connectivity index (χ3v) is 2.17. The number of Topliss-reactive ketones (excluding diaryl/α,β-unsaturated/α-hetero) is 1. The Labute approximate surface area is 54.9 Å². The van der Waals surface area contributed by atoms with Gasteiger partial charge in [-0.3, -0.25) is 4.79 Å². The summed E-state index contributed by atoms with van der Waals surface area (Å²) in [6.45, 7) is 1.79. The van der Waals surface area contributed by atoms with E-state index in [9.17, 15) is 4.79 Å². The lowest BCUT2D eigenvalue weighted by Gasteiger charge is -2.32. The molecular weight excluding hydrogens is 116 g/mol. The van der Waals surface area contributed by atoms with E-state index in [2.05, 4.69) is 0 Å². The molecule has 0 unspecified atom stereocenters. The molecule has 0 radical (unpaired) electrons. The molecule has 1 aliphatic rings. The Kier molecular flexibility index (Phi) is 1.86. The quantitative estimate of drug-likeness (QED) is 0.591. The summed E-state index contributed by atoms with van der Waals surface area (Å²) in [7, 11) is 0. The van der Waals surface area contributed by atoms with Gasteiger partial charge in [-0.1, -0.05) is 0 Å². The van der Waals surface area contributed by atoms with Crippen molar-refractivity contribution in [2.24, 2.45) is 11.8 Å². The van der Waals surface area contributed by atoms with Gasteiger partial charge < -0.3 is 5.11 Å². The van der Waals surface area contributed by atoms with Crippen LogP contribution in [0.15, 0.2) is 0 Å². The van der Waals surface area contributed by atoms with Gasteiger partial charge in [-0.15, -0.1) is 0 Å². The van der Waals surface area contributed by atoms with E-state index in [1.54, 1.807) is 6.92 Å². The van der Waals surface area contributed by atoms with Gasteiger partial charge in [0.2, 0.25) is 0 Å². The lowest BCUT2D eigenvalue weighted by molar-refractivity contribution is -0.126. The summed E-state index contributed by atoms with van der Waals surface area (Å²) < 4.78 is 0. The Bertz CT molecular complexity index is 118. The van der Waals surface area contributed by atoms with Crippen molar-refractivity contribution in [2.75, 3.05) is 6.61 Å². The minimum Gasteiger partial charge on any atom is -0.396 e. The fourth-order valence-electron chi connectivity index (χ4n) is 1.32. The molecule has 0 saturated heterocycles. The Hall–Kier alpha value is -0.370. The molecule has 0 bridgehead atoms. The van der Waals surface area contributed by atoms with E-state index in [1.165, 1.54) is 0 Å². The number of rotatable bonds is 2. The van der Waals surface area contributed by atoms with Crippen molar-refractivity contribution >= 4 is 5.78 Å².